The summed E-state index contributed by atoms with van der Waals surface area (Å²) in [6, 6.07) is 8.27. The summed E-state index contributed by atoms with van der Waals surface area (Å²) in [5.41, 5.74) is 0.0317. The van der Waals surface area contributed by atoms with Crippen LogP contribution in [0.1, 0.15) is 38.0 Å². The molecule has 152 valence electrons. The predicted octanol–water partition coefficient (Wildman–Crippen LogP) is 2.03. The van der Waals surface area contributed by atoms with Gasteiger partial charge in [-0.3, -0.25) is 14.4 Å². The first-order valence-electron chi connectivity index (χ1n) is 9.06. The molecule has 2 aromatic carbocycles. The maximum atomic E-state index is 13.1. The van der Waals surface area contributed by atoms with Crippen molar-refractivity contribution in [1.82, 2.24) is 4.90 Å². The number of hydrogen-bond acceptors (Lipinski definition) is 7. The van der Waals surface area contributed by atoms with Gasteiger partial charge in [-0.05, 0) is 31.2 Å². The van der Waals surface area contributed by atoms with Crippen LogP contribution in [0.25, 0.3) is 0 Å². The number of amides is 1. The molecule has 0 radical (unpaired) electrons. The Morgan fingerprint density at radius 1 is 1.14 bits per heavy atom. The maximum absolute atomic E-state index is 13.1. The van der Waals surface area contributed by atoms with Crippen LogP contribution in [0.15, 0.2) is 36.4 Å². The highest BCUT2D eigenvalue weighted by molar-refractivity contribution is 6.03. The molecule has 2 atom stereocenters. The van der Waals surface area contributed by atoms with E-state index in [4.69, 9.17) is 9.47 Å². The van der Waals surface area contributed by atoms with Crippen LogP contribution < -0.4 is 4.74 Å². The minimum Gasteiger partial charge on any atom is -0.507 e. The van der Waals surface area contributed by atoms with E-state index in [0.717, 1.165) is 0 Å². The quantitative estimate of drug-likeness (QED) is 0.715. The summed E-state index contributed by atoms with van der Waals surface area (Å²) in [4.78, 5) is 37.2. The van der Waals surface area contributed by atoms with E-state index in [1.807, 2.05) is 6.92 Å². The molecule has 8 heteroatoms. The first-order valence-corrected chi connectivity index (χ1v) is 9.06. The first-order chi connectivity index (χ1) is 14.0. The fraction of sp³-hybridized carbons (Fsp3) is 0.286. The van der Waals surface area contributed by atoms with Crippen molar-refractivity contribution >= 4 is 18.5 Å². The topological polar surface area (TPSA) is 113 Å². The summed E-state index contributed by atoms with van der Waals surface area (Å²) in [6.07, 6.45) is 0.718. The minimum atomic E-state index is -0.498. The largest absolute Gasteiger partial charge is 0.507 e. The summed E-state index contributed by atoms with van der Waals surface area (Å²) >= 11 is 0. The summed E-state index contributed by atoms with van der Waals surface area (Å²) < 4.78 is 11.3. The van der Waals surface area contributed by atoms with Crippen LogP contribution in [-0.2, 0) is 4.74 Å². The van der Waals surface area contributed by atoms with Gasteiger partial charge in [0, 0.05) is 6.54 Å². The highest BCUT2D eigenvalue weighted by Crippen LogP contribution is 2.27. The Hall–Kier alpha value is -3.39. The number of benzene rings is 2. The van der Waals surface area contributed by atoms with Crippen LogP contribution >= 0.6 is 0 Å². The summed E-state index contributed by atoms with van der Waals surface area (Å²) in [6.45, 7) is 2.29. The lowest BCUT2D eigenvalue weighted by atomic mass is 10.0. The Labute approximate surface area is 167 Å². The second-order valence-corrected chi connectivity index (χ2v) is 6.73. The Balaban J connectivity index is 1.84. The third-order valence-corrected chi connectivity index (χ3v) is 4.75. The van der Waals surface area contributed by atoms with Crippen molar-refractivity contribution < 1.29 is 34.1 Å². The van der Waals surface area contributed by atoms with Crippen molar-refractivity contribution in [2.45, 2.75) is 19.1 Å². The molecular formula is C21H21NO7. The van der Waals surface area contributed by atoms with Crippen LogP contribution in [0.2, 0.25) is 0 Å². The second-order valence-electron chi connectivity index (χ2n) is 6.73. The molecule has 2 aromatic rings. The van der Waals surface area contributed by atoms with E-state index in [2.05, 4.69) is 0 Å². The van der Waals surface area contributed by atoms with Gasteiger partial charge in [-0.2, -0.15) is 0 Å². The molecule has 8 nitrogen and oxygen atoms in total. The van der Waals surface area contributed by atoms with Crippen LogP contribution in [0, 0.1) is 0 Å². The van der Waals surface area contributed by atoms with Crippen LogP contribution in [0.4, 0.5) is 0 Å². The zero-order valence-corrected chi connectivity index (χ0v) is 15.8. The molecule has 0 spiro atoms. The average molecular weight is 399 g/mol. The van der Waals surface area contributed by atoms with E-state index in [-0.39, 0.29) is 59.8 Å². The van der Waals surface area contributed by atoms with Crippen LogP contribution in [0.5, 0.6) is 17.2 Å². The highest BCUT2D eigenvalue weighted by atomic mass is 16.5. The van der Waals surface area contributed by atoms with Gasteiger partial charge in [0.15, 0.2) is 12.6 Å². The molecule has 29 heavy (non-hydrogen) atoms. The normalized spacial score (nSPS) is 18.9. The monoisotopic (exact) mass is 399 g/mol. The Morgan fingerprint density at radius 2 is 1.79 bits per heavy atom. The van der Waals surface area contributed by atoms with E-state index in [1.165, 1.54) is 29.2 Å². The molecule has 1 aliphatic heterocycles. The number of morpholine rings is 1. The van der Waals surface area contributed by atoms with Gasteiger partial charge >= 0.3 is 0 Å². The predicted molar refractivity (Wildman–Crippen MR) is 103 cm³/mol. The number of hydrogen-bond donors (Lipinski definition) is 2. The Bertz CT molecular complexity index is 927. The molecule has 0 bridgehead atoms. The van der Waals surface area contributed by atoms with Crippen LogP contribution in [0.3, 0.4) is 0 Å². The molecule has 2 unspecified atom stereocenters. The fourth-order valence-corrected chi connectivity index (χ4v) is 3.21. The summed E-state index contributed by atoms with van der Waals surface area (Å²) in [7, 11) is 0. The van der Waals surface area contributed by atoms with Gasteiger partial charge in [0.1, 0.15) is 23.9 Å². The summed E-state index contributed by atoms with van der Waals surface area (Å²) in [5, 5.41) is 19.7. The number of phenolic OH excluding ortho intramolecular Hbond substituents is 2. The van der Waals surface area contributed by atoms with Crippen molar-refractivity contribution in [1.29, 1.82) is 0 Å². The van der Waals surface area contributed by atoms with E-state index in [1.54, 1.807) is 12.1 Å². The van der Waals surface area contributed by atoms with Gasteiger partial charge in [-0.15, -0.1) is 0 Å². The zero-order chi connectivity index (χ0) is 21.0. The Morgan fingerprint density at radius 3 is 2.48 bits per heavy atom. The molecule has 0 aromatic heterocycles. The summed E-state index contributed by atoms with van der Waals surface area (Å²) in [5.74, 6) is -0.708. The van der Waals surface area contributed by atoms with Gasteiger partial charge in [0.05, 0.1) is 35.4 Å². The third kappa shape index (κ3) is 4.22. The van der Waals surface area contributed by atoms with E-state index in [9.17, 15) is 24.6 Å². The number of carbonyl (C=O) groups is 3. The zero-order valence-electron chi connectivity index (χ0n) is 15.8. The lowest BCUT2D eigenvalue weighted by molar-refractivity contribution is -0.0538. The second kappa shape index (κ2) is 8.74. The number of aldehydes is 2. The van der Waals surface area contributed by atoms with Crippen molar-refractivity contribution in [3.05, 3.63) is 53.1 Å². The molecule has 0 aliphatic carbocycles. The smallest absolute Gasteiger partial charge is 0.255 e. The average Bonchev–Trinajstić information content (AvgIpc) is 2.72. The number of carbonyl (C=O) groups excluding carboxylic acids is 3. The van der Waals surface area contributed by atoms with Crippen molar-refractivity contribution in [2.24, 2.45) is 0 Å². The van der Waals surface area contributed by atoms with E-state index < -0.39 is 11.9 Å². The molecular weight excluding hydrogens is 378 g/mol. The van der Waals surface area contributed by atoms with Crippen LogP contribution in [-0.4, -0.2) is 65.5 Å². The first kappa shape index (κ1) is 20.3. The molecule has 1 heterocycles. The molecule has 3 rings (SSSR count). The van der Waals surface area contributed by atoms with Gasteiger partial charge in [-0.1, -0.05) is 12.1 Å². The van der Waals surface area contributed by atoms with E-state index in [0.29, 0.717) is 12.6 Å². The standard InChI is InChI=1S/C21H21NO7/c1-13-8-22(21(27)15-4-2-5-18(25)16(15)9-23)14(11-28-13)12-29-20-7-3-6-19(26)17(20)10-24/h2-7,9-10,13-14,25-26H,8,11-12H2,1H3. The number of nitrogens with zero attached hydrogens (tertiary/aromatic N) is 1. The molecule has 2 N–H and O–H groups in total. The number of phenols is 2. The van der Waals surface area contributed by atoms with Gasteiger partial charge in [0.2, 0.25) is 0 Å². The lowest BCUT2D eigenvalue weighted by Gasteiger charge is -2.38. The lowest BCUT2D eigenvalue weighted by Crippen LogP contribution is -2.54. The number of ether oxygens (including phenoxy) is 2. The van der Waals surface area contributed by atoms with Gasteiger partial charge in [-0.25, -0.2) is 0 Å². The number of rotatable bonds is 6. The fourth-order valence-electron chi connectivity index (χ4n) is 3.21. The molecule has 1 fully saturated rings. The molecule has 1 saturated heterocycles. The van der Waals surface area contributed by atoms with Crippen molar-refractivity contribution in [3.63, 3.8) is 0 Å². The minimum absolute atomic E-state index is 0.0119. The third-order valence-electron chi connectivity index (χ3n) is 4.75. The van der Waals surface area contributed by atoms with Crippen molar-refractivity contribution in [3.8, 4) is 17.2 Å². The molecule has 1 aliphatic rings. The molecule has 0 saturated carbocycles. The SMILES string of the molecule is CC1CN(C(=O)c2cccc(O)c2C=O)C(COc2cccc(O)c2C=O)CO1. The maximum Gasteiger partial charge on any atom is 0.255 e. The van der Waals surface area contributed by atoms with Gasteiger partial charge in [0.25, 0.3) is 5.91 Å². The van der Waals surface area contributed by atoms with Crippen molar-refractivity contribution in [2.75, 3.05) is 19.8 Å². The highest BCUT2D eigenvalue weighted by Gasteiger charge is 2.33. The Kier molecular flexibility index (Phi) is 6.13. The van der Waals surface area contributed by atoms with Gasteiger partial charge < -0.3 is 24.6 Å². The van der Waals surface area contributed by atoms with E-state index >= 15 is 0 Å². The molecule has 1 amide bonds. The number of aromatic hydroxyl groups is 2.